The van der Waals surface area contributed by atoms with Crippen LogP contribution in [0.5, 0.6) is 5.75 Å². The van der Waals surface area contributed by atoms with Gasteiger partial charge in [0.1, 0.15) is 5.75 Å². The molecule has 0 fully saturated rings. The Morgan fingerprint density at radius 2 is 1.72 bits per heavy atom. The molecule has 0 unspecified atom stereocenters. The zero-order chi connectivity index (χ0) is 13.8. The first kappa shape index (κ1) is 13.7. The Labute approximate surface area is 102 Å². The summed E-state index contributed by atoms with van der Waals surface area (Å²) < 4.78 is 17.9. The van der Waals surface area contributed by atoms with E-state index < -0.39 is 17.8 Å². The molecule has 0 bridgehead atoms. The van der Waals surface area contributed by atoms with Crippen LogP contribution in [0.15, 0.2) is 30.3 Å². The predicted molar refractivity (Wildman–Crippen MR) is 60.9 cm³/mol. The maximum atomic E-state index is 13.5. The van der Waals surface area contributed by atoms with E-state index in [9.17, 15) is 14.0 Å². The van der Waals surface area contributed by atoms with Crippen LogP contribution in [-0.4, -0.2) is 28.0 Å². The molecule has 0 aliphatic heterocycles. The molecule has 0 saturated heterocycles. The second-order valence-corrected chi connectivity index (χ2v) is 3.38. The van der Waals surface area contributed by atoms with Crippen molar-refractivity contribution in [3.8, 4) is 5.75 Å². The highest BCUT2D eigenvalue weighted by molar-refractivity contribution is 6.00. The van der Waals surface area contributed by atoms with Gasteiger partial charge in [-0.15, -0.1) is 0 Å². The molecular formula is C12H11FO5. The molecule has 1 rings (SSSR count). The first-order valence-corrected chi connectivity index (χ1v) is 4.97. The van der Waals surface area contributed by atoms with E-state index in [1.807, 2.05) is 6.92 Å². The number of alkyl halides is 1. The van der Waals surface area contributed by atoms with Gasteiger partial charge in [0.2, 0.25) is 0 Å². The van der Waals surface area contributed by atoms with Crippen molar-refractivity contribution < 1.29 is 28.9 Å². The molecule has 0 spiro atoms. The van der Waals surface area contributed by atoms with E-state index in [1.165, 1.54) is 12.1 Å². The number of aliphatic carboxylic acids is 2. The third kappa shape index (κ3) is 2.85. The summed E-state index contributed by atoms with van der Waals surface area (Å²) >= 11 is 0. The number of carboxylic acids is 2. The van der Waals surface area contributed by atoms with Crippen molar-refractivity contribution >= 4 is 18.0 Å². The molecule has 6 heteroatoms. The van der Waals surface area contributed by atoms with Crippen LogP contribution < -0.4 is 4.74 Å². The van der Waals surface area contributed by atoms with Gasteiger partial charge in [0, 0.05) is 0 Å². The average molecular weight is 254 g/mol. The van der Waals surface area contributed by atoms with Crippen molar-refractivity contribution in [2.75, 3.05) is 0 Å². The van der Waals surface area contributed by atoms with Gasteiger partial charge in [0.05, 0.1) is 0 Å². The molecule has 0 radical (unpaired) electrons. The quantitative estimate of drug-likeness (QED) is 0.784. The zero-order valence-corrected chi connectivity index (χ0v) is 9.46. The number of hydrogen-bond acceptors (Lipinski definition) is 3. The number of benzene rings is 1. The van der Waals surface area contributed by atoms with Crippen LogP contribution >= 0.6 is 0 Å². The lowest BCUT2D eigenvalue weighted by atomic mass is 10.2. The first-order chi connectivity index (χ1) is 8.40. The Bertz CT molecular complexity index is 464. The van der Waals surface area contributed by atoms with Crippen LogP contribution in [0.25, 0.3) is 6.08 Å². The molecule has 2 N–H and O–H groups in total. The van der Waals surface area contributed by atoms with Crippen LogP contribution in [0.3, 0.4) is 0 Å². The zero-order valence-electron chi connectivity index (χ0n) is 9.46. The Morgan fingerprint density at radius 1 is 1.22 bits per heavy atom. The molecule has 1 aromatic carbocycles. The van der Waals surface area contributed by atoms with Crippen molar-refractivity contribution in [1.29, 1.82) is 0 Å². The third-order valence-corrected chi connectivity index (χ3v) is 2.05. The molecule has 0 aliphatic rings. The van der Waals surface area contributed by atoms with Crippen LogP contribution in [0.1, 0.15) is 12.5 Å². The molecule has 0 amide bonds. The summed E-state index contributed by atoms with van der Waals surface area (Å²) in [6, 6.07) is 5.66. The van der Waals surface area contributed by atoms with E-state index in [0.29, 0.717) is 0 Å². The molecule has 0 aliphatic carbocycles. The Hall–Kier alpha value is -2.37. The molecule has 0 atom stereocenters. The fraction of sp³-hybridized carbons (Fsp3) is 0.167. The Balaban J connectivity index is 2.95. The smallest absolute Gasteiger partial charge is 0.443 e. The minimum absolute atomic E-state index is 0.185. The van der Waals surface area contributed by atoms with E-state index in [1.54, 1.807) is 24.3 Å². The number of carbonyl (C=O) groups is 2. The maximum Gasteiger partial charge on any atom is 0.443 e. The number of carboxylic acid groups (broad SMARTS) is 2. The number of ether oxygens (including phenoxy) is 1. The van der Waals surface area contributed by atoms with Gasteiger partial charge < -0.3 is 14.9 Å². The van der Waals surface area contributed by atoms with Crippen LogP contribution in [0.4, 0.5) is 4.39 Å². The van der Waals surface area contributed by atoms with Crippen molar-refractivity contribution in [2.24, 2.45) is 0 Å². The lowest BCUT2D eigenvalue weighted by molar-refractivity contribution is -0.191. The number of allylic oxidation sites excluding steroid dienone is 1. The monoisotopic (exact) mass is 254 g/mol. The van der Waals surface area contributed by atoms with Crippen molar-refractivity contribution in [1.82, 2.24) is 0 Å². The highest BCUT2D eigenvalue weighted by Gasteiger charge is 2.50. The summed E-state index contributed by atoms with van der Waals surface area (Å²) in [5.41, 5.74) is 0.792. The summed E-state index contributed by atoms with van der Waals surface area (Å²) in [7, 11) is 0. The lowest BCUT2D eigenvalue weighted by Crippen LogP contribution is -2.47. The van der Waals surface area contributed by atoms with E-state index >= 15 is 0 Å². The number of rotatable bonds is 5. The van der Waals surface area contributed by atoms with E-state index in [0.717, 1.165) is 5.56 Å². The van der Waals surface area contributed by atoms with Gasteiger partial charge in [-0.2, -0.15) is 4.39 Å². The fourth-order valence-corrected chi connectivity index (χ4v) is 1.18. The van der Waals surface area contributed by atoms with Gasteiger partial charge in [-0.3, -0.25) is 0 Å². The third-order valence-electron chi connectivity index (χ3n) is 2.05. The summed E-state index contributed by atoms with van der Waals surface area (Å²) in [6.45, 7) is 1.81. The van der Waals surface area contributed by atoms with Gasteiger partial charge in [0.25, 0.3) is 0 Å². The lowest BCUT2D eigenvalue weighted by Gasteiger charge is -2.17. The van der Waals surface area contributed by atoms with Crippen LogP contribution in [0.2, 0.25) is 0 Å². The van der Waals surface area contributed by atoms with Crippen molar-refractivity contribution in [3.63, 3.8) is 0 Å². The predicted octanol–water partition coefficient (Wildman–Crippen LogP) is 1.93. The molecule has 0 aromatic heterocycles. The van der Waals surface area contributed by atoms with Gasteiger partial charge in [-0.1, -0.05) is 24.3 Å². The normalized spacial score (nSPS) is 11.4. The Morgan fingerprint density at radius 3 is 2.11 bits per heavy atom. The fourth-order valence-electron chi connectivity index (χ4n) is 1.18. The SMILES string of the molecule is C/C=C/c1ccc(OC(F)(C(=O)O)C(=O)O)cc1. The molecule has 0 heterocycles. The first-order valence-electron chi connectivity index (χ1n) is 4.97. The standard InChI is InChI=1S/C12H11FO5/c1-2-3-8-4-6-9(7-5-8)18-12(13,10(14)15)11(16)17/h2-7H,1H3,(H,14,15)(H,16,17)/b3-2+. The molecule has 1 aromatic rings. The minimum Gasteiger partial charge on any atom is -0.476 e. The van der Waals surface area contributed by atoms with Gasteiger partial charge >= 0.3 is 17.8 Å². The minimum atomic E-state index is -3.79. The van der Waals surface area contributed by atoms with Crippen LogP contribution in [-0.2, 0) is 9.59 Å². The molecule has 0 saturated carbocycles. The van der Waals surface area contributed by atoms with E-state index in [4.69, 9.17) is 10.2 Å². The van der Waals surface area contributed by atoms with Gasteiger partial charge in [0.15, 0.2) is 0 Å². The largest absolute Gasteiger partial charge is 0.476 e. The summed E-state index contributed by atoms with van der Waals surface area (Å²) in [5, 5.41) is 17.0. The molecule has 96 valence electrons. The topological polar surface area (TPSA) is 83.8 Å². The van der Waals surface area contributed by atoms with Crippen molar-refractivity contribution in [2.45, 2.75) is 12.8 Å². The second-order valence-electron chi connectivity index (χ2n) is 3.38. The van der Waals surface area contributed by atoms with Crippen LogP contribution in [0, 0.1) is 0 Å². The second kappa shape index (κ2) is 5.31. The molecular weight excluding hydrogens is 243 g/mol. The summed E-state index contributed by atoms with van der Waals surface area (Å²) in [5.74, 6) is -8.40. The van der Waals surface area contributed by atoms with E-state index in [2.05, 4.69) is 4.74 Å². The maximum absolute atomic E-state index is 13.5. The average Bonchev–Trinajstić information content (AvgIpc) is 2.31. The number of hydrogen-bond donors (Lipinski definition) is 2. The molecule has 5 nitrogen and oxygen atoms in total. The van der Waals surface area contributed by atoms with E-state index in [-0.39, 0.29) is 5.75 Å². The van der Waals surface area contributed by atoms with Crippen molar-refractivity contribution in [3.05, 3.63) is 35.9 Å². The van der Waals surface area contributed by atoms with Gasteiger partial charge in [-0.05, 0) is 24.6 Å². The highest BCUT2D eigenvalue weighted by Crippen LogP contribution is 2.21. The summed E-state index contributed by atoms with van der Waals surface area (Å²) in [6.07, 6.45) is 3.55. The molecule has 18 heavy (non-hydrogen) atoms. The van der Waals surface area contributed by atoms with Gasteiger partial charge in [-0.25, -0.2) is 9.59 Å². The highest BCUT2D eigenvalue weighted by atomic mass is 19.2. The Kier molecular flexibility index (Phi) is 4.04. The number of halogens is 1. The summed E-state index contributed by atoms with van der Waals surface area (Å²) in [4.78, 5) is 21.1.